The van der Waals surface area contributed by atoms with Crippen molar-refractivity contribution in [3.05, 3.63) is 30.1 Å². The van der Waals surface area contributed by atoms with Crippen molar-refractivity contribution in [2.24, 2.45) is 7.05 Å². The van der Waals surface area contributed by atoms with E-state index < -0.39 is 0 Å². The van der Waals surface area contributed by atoms with Crippen molar-refractivity contribution in [1.29, 1.82) is 0 Å². The Morgan fingerprint density at radius 2 is 2.17 bits per heavy atom. The third-order valence-corrected chi connectivity index (χ3v) is 2.97. The largest absolute Gasteiger partial charge is 0.359 e. The van der Waals surface area contributed by atoms with E-state index in [2.05, 4.69) is 26.3 Å². The van der Waals surface area contributed by atoms with Crippen LogP contribution in [0.3, 0.4) is 0 Å². The van der Waals surface area contributed by atoms with Gasteiger partial charge in [0.05, 0.1) is 17.6 Å². The Kier molecular flexibility index (Phi) is 3.94. The van der Waals surface area contributed by atoms with Gasteiger partial charge in [0.25, 0.3) is 0 Å². The van der Waals surface area contributed by atoms with E-state index in [0.29, 0.717) is 19.5 Å². The molecule has 0 fully saturated rings. The van der Waals surface area contributed by atoms with Crippen LogP contribution >= 0.6 is 0 Å². The number of hydrogen-bond donors (Lipinski definition) is 2. The van der Waals surface area contributed by atoms with Crippen molar-refractivity contribution < 1.29 is 4.79 Å². The van der Waals surface area contributed by atoms with Crippen LogP contribution in [0.1, 0.15) is 12.2 Å². The van der Waals surface area contributed by atoms with E-state index in [-0.39, 0.29) is 5.91 Å². The molecule has 96 valence electrons. The predicted molar refractivity (Wildman–Crippen MR) is 71.1 cm³/mol. The van der Waals surface area contributed by atoms with E-state index in [1.807, 2.05) is 25.2 Å². The first-order chi connectivity index (χ1) is 8.72. The van der Waals surface area contributed by atoms with Crippen LogP contribution in [0.2, 0.25) is 0 Å². The van der Waals surface area contributed by atoms with Gasteiger partial charge in [-0.15, -0.1) is 0 Å². The molecule has 0 aliphatic carbocycles. The zero-order valence-electron chi connectivity index (χ0n) is 10.7. The van der Waals surface area contributed by atoms with E-state index in [1.165, 1.54) is 0 Å². The average Bonchev–Trinajstić information content (AvgIpc) is 2.72. The van der Waals surface area contributed by atoms with Gasteiger partial charge in [-0.1, -0.05) is 12.1 Å². The van der Waals surface area contributed by atoms with Crippen LogP contribution in [-0.2, 0) is 18.4 Å². The minimum Gasteiger partial charge on any atom is -0.359 e. The Balaban J connectivity index is 1.95. The highest BCUT2D eigenvalue weighted by Crippen LogP contribution is 2.13. The summed E-state index contributed by atoms with van der Waals surface area (Å²) in [6.45, 7) is 1.32. The minimum atomic E-state index is 0.0486. The van der Waals surface area contributed by atoms with Crippen LogP contribution in [0.15, 0.2) is 24.3 Å². The average molecular weight is 246 g/mol. The number of carbonyl (C=O) groups is 1. The highest BCUT2D eigenvalue weighted by molar-refractivity contribution is 5.76. The zero-order chi connectivity index (χ0) is 13.0. The minimum absolute atomic E-state index is 0.0486. The lowest BCUT2D eigenvalue weighted by Gasteiger charge is -2.04. The second-order valence-corrected chi connectivity index (χ2v) is 4.18. The number of aryl methyl sites for hydroxylation is 1. The fourth-order valence-electron chi connectivity index (χ4n) is 1.88. The monoisotopic (exact) mass is 246 g/mol. The van der Waals surface area contributed by atoms with E-state index in [0.717, 1.165) is 16.9 Å². The first-order valence-electron chi connectivity index (χ1n) is 6.04. The van der Waals surface area contributed by atoms with Crippen LogP contribution in [0.4, 0.5) is 0 Å². The Bertz CT molecular complexity index is 547. The van der Waals surface area contributed by atoms with Gasteiger partial charge in [-0.3, -0.25) is 4.79 Å². The molecule has 0 radical (unpaired) electrons. The maximum absolute atomic E-state index is 11.1. The molecule has 0 unspecified atom stereocenters. The molecule has 0 bridgehead atoms. The fourth-order valence-corrected chi connectivity index (χ4v) is 1.88. The van der Waals surface area contributed by atoms with Crippen LogP contribution in [0, 0.1) is 0 Å². The molecule has 1 aromatic heterocycles. The second kappa shape index (κ2) is 5.64. The standard InChI is InChI=1S/C13H18N4O/c1-14-13(18)7-8-15-9-12-16-10-5-3-4-6-11(10)17(12)2/h3-6,15H,7-9H2,1-2H3,(H,14,18). The van der Waals surface area contributed by atoms with Gasteiger partial charge in [0, 0.05) is 27.1 Å². The Labute approximate surface area is 106 Å². The number of carbonyl (C=O) groups excluding carboxylic acids is 1. The summed E-state index contributed by atoms with van der Waals surface area (Å²) >= 11 is 0. The van der Waals surface area contributed by atoms with E-state index in [4.69, 9.17) is 0 Å². The molecule has 0 aliphatic rings. The Morgan fingerprint density at radius 1 is 1.39 bits per heavy atom. The lowest BCUT2D eigenvalue weighted by Crippen LogP contribution is -2.25. The molecule has 0 spiro atoms. The molecule has 2 N–H and O–H groups in total. The lowest BCUT2D eigenvalue weighted by molar-refractivity contribution is -0.120. The zero-order valence-corrected chi connectivity index (χ0v) is 10.7. The van der Waals surface area contributed by atoms with Crippen molar-refractivity contribution in [2.75, 3.05) is 13.6 Å². The van der Waals surface area contributed by atoms with Crippen molar-refractivity contribution in [2.45, 2.75) is 13.0 Å². The molecular formula is C13H18N4O. The summed E-state index contributed by atoms with van der Waals surface area (Å²) < 4.78 is 2.07. The van der Waals surface area contributed by atoms with Gasteiger partial charge in [-0.05, 0) is 12.1 Å². The van der Waals surface area contributed by atoms with Crippen LogP contribution in [-0.4, -0.2) is 29.1 Å². The smallest absolute Gasteiger partial charge is 0.221 e. The number of benzene rings is 1. The summed E-state index contributed by atoms with van der Waals surface area (Å²) in [4.78, 5) is 15.6. The molecule has 5 nitrogen and oxygen atoms in total. The quantitative estimate of drug-likeness (QED) is 0.767. The molecule has 0 saturated heterocycles. The molecule has 1 aromatic carbocycles. The predicted octanol–water partition coefficient (Wildman–Crippen LogP) is 0.799. The molecule has 1 amide bonds. The summed E-state index contributed by atoms with van der Waals surface area (Å²) in [6.07, 6.45) is 0.487. The molecular weight excluding hydrogens is 228 g/mol. The second-order valence-electron chi connectivity index (χ2n) is 4.18. The molecule has 2 aromatic rings. The molecule has 0 aliphatic heterocycles. The number of rotatable bonds is 5. The maximum atomic E-state index is 11.1. The van der Waals surface area contributed by atoms with Crippen molar-refractivity contribution in [1.82, 2.24) is 20.2 Å². The van der Waals surface area contributed by atoms with E-state index >= 15 is 0 Å². The topological polar surface area (TPSA) is 59.0 Å². The molecule has 1 heterocycles. The molecule has 18 heavy (non-hydrogen) atoms. The summed E-state index contributed by atoms with van der Waals surface area (Å²) in [5, 5.41) is 5.82. The van der Waals surface area contributed by atoms with Crippen LogP contribution in [0.5, 0.6) is 0 Å². The summed E-state index contributed by atoms with van der Waals surface area (Å²) in [5.74, 6) is 1.03. The maximum Gasteiger partial charge on any atom is 0.221 e. The Morgan fingerprint density at radius 3 is 2.89 bits per heavy atom. The first kappa shape index (κ1) is 12.6. The number of nitrogens with zero attached hydrogens (tertiary/aromatic N) is 2. The van der Waals surface area contributed by atoms with Gasteiger partial charge >= 0.3 is 0 Å². The normalized spacial score (nSPS) is 10.8. The van der Waals surface area contributed by atoms with E-state index in [9.17, 15) is 4.79 Å². The SMILES string of the molecule is CNC(=O)CCNCc1nc2ccccc2n1C. The lowest BCUT2D eigenvalue weighted by atomic mass is 10.3. The van der Waals surface area contributed by atoms with Crippen molar-refractivity contribution in [3.63, 3.8) is 0 Å². The van der Waals surface area contributed by atoms with Gasteiger partial charge in [0.2, 0.25) is 5.91 Å². The van der Waals surface area contributed by atoms with Gasteiger partial charge in [0.15, 0.2) is 0 Å². The van der Waals surface area contributed by atoms with Crippen LogP contribution < -0.4 is 10.6 Å². The van der Waals surface area contributed by atoms with Crippen LogP contribution in [0.25, 0.3) is 11.0 Å². The summed E-state index contributed by atoms with van der Waals surface area (Å²) in [6, 6.07) is 8.05. The van der Waals surface area contributed by atoms with Gasteiger partial charge in [0.1, 0.15) is 5.82 Å². The summed E-state index contributed by atoms with van der Waals surface area (Å²) in [7, 11) is 3.65. The molecule has 2 rings (SSSR count). The third-order valence-electron chi connectivity index (χ3n) is 2.97. The number of fused-ring (bicyclic) bond motifs is 1. The third kappa shape index (κ3) is 2.68. The van der Waals surface area contributed by atoms with Crippen molar-refractivity contribution in [3.8, 4) is 0 Å². The highest BCUT2D eigenvalue weighted by Gasteiger charge is 2.06. The molecule has 0 saturated carbocycles. The first-order valence-corrected chi connectivity index (χ1v) is 6.04. The Hall–Kier alpha value is -1.88. The fraction of sp³-hybridized carbons (Fsp3) is 0.385. The highest BCUT2D eigenvalue weighted by atomic mass is 16.1. The van der Waals surface area contributed by atoms with Crippen molar-refractivity contribution >= 4 is 16.9 Å². The number of para-hydroxylation sites is 2. The number of hydrogen-bond acceptors (Lipinski definition) is 3. The van der Waals surface area contributed by atoms with Gasteiger partial charge in [-0.2, -0.15) is 0 Å². The number of imidazole rings is 1. The van der Waals surface area contributed by atoms with Gasteiger partial charge in [-0.25, -0.2) is 4.98 Å². The molecule has 0 atom stereocenters. The number of amides is 1. The van der Waals surface area contributed by atoms with Gasteiger partial charge < -0.3 is 15.2 Å². The summed E-state index contributed by atoms with van der Waals surface area (Å²) in [5.41, 5.74) is 2.13. The van der Waals surface area contributed by atoms with E-state index in [1.54, 1.807) is 7.05 Å². The number of aromatic nitrogens is 2. The molecule has 5 heteroatoms. The number of nitrogens with one attached hydrogen (secondary N) is 2.